The number of likely N-dealkylation sites (N-methyl/N-ethyl adjacent to an activating group) is 1. The molecule has 1 saturated carbocycles. The third kappa shape index (κ3) is 3.97. The van der Waals surface area contributed by atoms with Crippen molar-refractivity contribution in [2.24, 2.45) is 11.3 Å². The van der Waals surface area contributed by atoms with Crippen LogP contribution in [0.5, 0.6) is 5.75 Å². The van der Waals surface area contributed by atoms with Gasteiger partial charge < -0.3 is 10.4 Å². The smallest absolute Gasteiger partial charge is 0.115 e. The van der Waals surface area contributed by atoms with Crippen LogP contribution in [-0.2, 0) is 6.42 Å². The first-order chi connectivity index (χ1) is 9.00. The highest BCUT2D eigenvalue weighted by Crippen LogP contribution is 2.39. The summed E-state index contributed by atoms with van der Waals surface area (Å²) in [6.45, 7) is 4.76. The Labute approximate surface area is 117 Å². The molecule has 1 atom stereocenters. The van der Waals surface area contributed by atoms with Crippen LogP contribution in [0.15, 0.2) is 24.3 Å². The lowest BCUT2D eigenvalue weighted by Gasteiger charge is -2.38. The number of phenolic OH excluding ortho intramolecular Hbond substituents is 1. The van der Waals surface area contributed by atoms with Crippen LogP contribution in [-0.4, -0.2) is 18.2 Å². The Morgan fingerprint density at radius 3 is 2.58 bits per heavy atom. The van der Waals surface area contributed by atoms with Crippen molar-refractivity contribution in [1.82, 2.24) is 5.32 Å². The number of aromatic hydroxyl groups is 1. The van der Waals surface area contributed by atoms with Crippen LogP contribution in [0.3, 0.4) is 0 Å². The Morgan fingerprint density at radius 1 is 1.32 bits per heavy atom. The van der Waals surface area contributed by atoms with Crippen molar-refractivity contribution < 1.29 is 5.11 Å². The molecule has 1 unspecified atom stereocenters. The Morgan fingerprint density at radius 2 is 2.00 bits per heavy atom. The van der Waals surface area contributed by atoms with Crippen LogP contribution < -0.4 is 5.32 Å². The molecule has 0 aromatic heterocycles. The summed E-state index contributed by atoms with van der Waals surface area (Å²) in [6.07, 6.45) is 6.30. The summed E-state index contributed by atoms with van der Waals surface area (Å²) in [5, 5.41) is 13.0. The van der Waals surface area contributed by atoms with E-state index in [-0.39, 0.29) is 0 Å². The Bertz CT molecular complexity index is 403. The monoisotopic (exact) mass is 261 g/mol. The molecule has 2 nitrogen and oxygen atoms in total. The number of rotatable bonds is 4. The molecule has 0 aliphatic heterocycles. The van der Waals surface area contributed by atoms with Crippen molar-refractivity contribution in [3.8, 4) is 5.75 Å². The lowest BCUT2D eigenvalue weighted by molar-refractivity contribution is 0.163. The molecule has 1 aliphatic carbocycles. The Hall–Kier alpha value is -1.02. The zero-order valence-corrected chi connectivity index (χ0v) is 12.4. The van der Waals surface area contributed by atoms with Crippen LogP contribution in [0.2, 0.25) is 0 Å². The van der Waals surface area contributed by atoms with E-state index in [1.807, 2.05) is 12.1 Å². The van der Waals surface area contributed by atoms with Crippen molar-refractivity contribution in [2.75, 3.05) is 7.05 Å². The molecular weight excluding hydrogens is 234 g/mol. The van der Waals surface area contributed by atoms with E-state index in [1.54, 1.807) is 6.07 Å². The van der Waals surface area contributed by atoms with Gasteiger partial charge in [0, 0.05) is 6.04 Å². The number of nitrogens with one attached hydrogen (secondary N) is 1. The number of benzene rings is 1. The molecule has 1 aromatic rings. The summed E-state index contributed by atoms with van der Waals surface area (Å²) in [5.41, 5.74) is 1.75. The van der Waals surface area contributed by atoms with E-state index in [0.717, 1.165) is 12.3 Å². The first-order valence-corrected chi connectivity index (χ1v) is 7.45. The van der Waals surface area contributed by atoms with Gasteiger partial charge in [0.2, 0.25) is 0 Å². The third-order valence-electron chi connectivity index (χ3n) is 4.69. The third-order valence-corrected chi connectivity index (χ3v) is 4.69. The van der Waals surface area contributed by atoms with Gasteiger partial charge >= 0.3 is 0 Å². The second kappa shape index (κ2) is 5.96. The highest BCUT2D eigenvalue weighted by molar-refractivity contribution is 5.27. The quantitative estimate of drug-likeness (QED) is 0.865. The number of hydrogen-bond acceptors (Lipinski definition) is 2. The highest BCUT2D eigenvalue weighted by Gasteiger charge is 2.30. The maximum atomic E-state index is 9.56. The van der Waals surface area contributed by atoms with E-state index in [0.29, 0.717) is 17.2 Å². The van der Waals surface area contributed by atoms with Crippen LogP contribution in [0.4, 0.5) is 0 Å². The summed E-state index contributed by atoms with van der Waals surface area (Å²) < 4.78 is 0. The van der Waals surface area contributed by atoms with Crippen LogP contribution in [0.25, 0.3) is 0 Å². The van der Waals surface area contributed by atoms with Gasteiger partial charge in [-0.25, -0.2) is 0 Å². The van der Waals surface area contributed by atoms with E-state index >= 15 is 0 Å². The largest absolute Gasteiger partial charge is 0.508 e. The van der Waals surface area contributed by atoms with Gasteiger partial charge in [-0.2, -0.15) is 0 Å². The van der Waals surface area contributed by atoms with Crippen LogP contribution in [0.1, 0.15) is 45.1 Å². The molecule has 0 spiro atoms. The minimum Gasteiger partial charge on any atom is -0.508 e. The van der Waals surface area contributed by atoms with E-state index in [4.69, 9.17) is 0 Å². The fourth-order valence-corrected chi connectivity index (χ4v) is 3.27. The molecule has 0 heterocycles. The average molecular weight is 261 g/mol. The lowest BCUT2D eigenvalue weighted by atomic mass is 9.70. The van der Waals surface area contributed by atoms with Gasteiger partial charge in [0.05, 0.1) is 0 Å². The second-order valence-corrected chi connectivity index (χ2v) is 6.77. The molecule has 1 aromatic carbocycles. The van der Waals surface area contributed by atoms with Gasteiger partial charge in [0.15, 0.2) is 0 Å². The minimum absolute atomic E-state index is 0.372. The molecule has 19 heavy (non-hydrogen) atoms. The zero-order valence-electron chi connectivity index (χ0n) is 12.4. The molecule has 2 rings (SSSR count). The fraction of sp³-hybridized carbons (Fsp3) is 0.647. The molecule has 106 valence electrons. The first kappa shape index (κ1) is 14.4. The van der Waals surface area contributed by atoms with Crippen molar-refractivity contribution in [3.05, 3.63) is 29.8 Å². The summed E-state index contributed by atoms with van der Waals surface area (Å²) >= 11 is 0. The molecule has 0 amide bonds. The van der Waals surface area contributed by atoms with Crippen molar-refractivity contribution in [2.45, 2.75) is 52.0 Å². The fourth-order valence-electron chi connectivity index (χ4n) is 3.27. The average Bonchev–Trinajstić information content (AvgIpc) is 2.36. The van der Waals surface area contributed by atoms with E-state index in [9.17, 15) is 5.11 Å². The van der Waals surface area contributed by atoms with Crippen LogP contribution in [0, 0.1) is 11.3 Å². The molecular formula is C17H27NO. The Kier molecular flexibility index (Phi) is 4.51. The minimum atomic E-state index is 0.372. The predicted molar refractivity (Wildman–Crippen MR) is 80.4 cm³/mol. The SMILES string of the molecule is CNC(Cc1cccc(O)c1)C1CCC(C)(C)CC1. The van der Waals surface area contributed by atoms with Crippen molar-refractivity contribution in [1.29, 1.82) is 0 Å². The van der Waals surface area contributed by atoms with E-state index in [2.05, 4.69) is 32.3 Å². The molecule has 2 heteroatoms. The second-order valence-electron chi connectivity index (χ2n) is 6.77. The highest BCUT2D eigenvalue weighted by atomic mass is 16.3. The summed E-state index contributed by atoms with van der Waals surface area (Å²) in [5.74, 6) is 1.14. The first-order valence-electron chi connectivity index (χ1n) is 7.45. The van der Waals surface area contributed by atoms with E-state index in [1.165, 1.54) is 31.2 Å². The molecule has 0 bridgehead atoms. The zero-order chi connectivity index (χ0) is 13.9. The molecule has 1 aliphatic rings. The summed E-state index contributed by atoms with van der Waals surface area (Å²) in [7, 11) is 2.06. The maximum Gasteiger partial charge on any atom is 0.115 e. The van der Waals surface area contributed by atoms with Gasteiger partial charge in [0.1, 0.15) is 5.75 Å². The molecule has 1 fully saturated rings. The number of phenols is 1. The van der Waals surface area contributed by atoms with E-state index < -0.39 is 0 Å². The van der Waals surface area contributed by atoms with Gasteiger partial charge in [-0.15, -0.1) is 0 Å². The van der Waals surface area contributed by atoms with Gasteiger partial charge in [-0.3, -0.25) is 0 Å². The van der Waals surface area contributed by atoms with Gasteiger partial charge in [-0.1, -0.05) is 26.0 Å². The standard InChI is InChI=1S/C17H27NO/c1-17(2)9-7-14(8-10-17)16(18-3)12-13-5-4-6-15(19)11-13/h4-6,11,14,16,18-19H,7-10,12H2,1-3H3. The van der Waals surface area contributed by atoms with Crippen LogP contribution >= 0.6 is 0 Å². The molecule has 0 saturated heterocycles. The molecule has 0 radical (unpaired) electrons. The summed E-state index contributed by atoms with van der Waals surface area (Å²) in [6, 6.07) is 8.19. The van der Waals surface area contributed by atoms with Crippen molar-refractivity contribution >= 4 is 0 Å². The Balaban J connectivity index is 1.97. The maximum absolute atomic E-state index is 9.56. The topological polar surface area (TPSA) is 32.3 Å². The predicted octanol–water partition coefficient (Wildman–Crippen LogP) is 3.74. The normalized spacial score (nSPS) is 21.2. The van der Waals surface area contributed by atoms with Gasteiger partial charge in [0.25, 0.3) is 0 Å². The molecule has 2 N–H and O–H groups in total. The lowest BCUT2D eigenvalue weighted by Crippen LogP contribution is -2.38. The number of hydrogen-bond donors (Lipinski definition) is 2. The van der Waals surface area contributed by atoms with Crippen molar-refractivity contribution in [3.63, 3.8) is 0 Å². The summed E-state index contributed by atoms with van der Waals surface area (Å²) in [4.78, 5) is 0. The van der Waals surface area contributed by atoms with Gasteiger partial charge in [-0.05, 0) is 68.2 Å².